The monoisotopic (exact) mass is 515 g/mol. The summed E-state index contributed by atoms with van der Waals surface area (Å²) in [5, 5.41) is 1.98. The number of sulfonamides is 1. The molecule has 0 aliphatic carbocycles. The van der Waals surface area contributed by atoms with E-state index >= 15 is 0 Å². The molecule has 0 unspecified atom stereocenters. The number of carbonyl (C=O) groups is 1. The molecule has 0 saturated heterocycles. The molecule has 0 saturated carbocycles. The third-order valence-corrected chi connectivity index (χ3v) is 5.46. The molecule has 2 aromatic rings. The number of alkyl halides is 6. The van der Waals surface area contributed by atoms with E-state index in [1.54, 1.807) is 19.9 Å². The lowest BCUT2D eigenvalue weighted by Gasteiger charge is -2.38. The van der Waals surface area contributed by atoms with Crippen molar-refractivity contribution in [1.82, 2.24) is 15.3 Å². The predicted molar refractivity (Wildman–Crippen MR) is 107 cm³/mol. The standard InChI is InChI=1S/C18H19F6N5O4S/c1-4-33-15(30)28-16(17(19,20)21,18(22,23)24)27-12-5-7-13(8-6-12)34(31,32)29-14-25-10(2)9-11(3)26-14/h5-9,27H,4H2,1-3H3,(H,28,30)(H,25,26,29). The highest BCUT2D eigenvalue weighted by Gasteiger charge is 2.73. The number of hydrogen-bond acceptors (Lipinski definition) is 7. The molecule has 188 valence electrons. The van der Waals surface area contributed by atoms with Crippen LogP contribution in [-0.2, 0) is 14.8 Å². The minimum absolute atomic E-state index is 0.272. The highest BCUT2D eigenvalue weighted by atomic mass is 32.2. The molecule has 0 bridgehead atoms. The van der Waals surface area contributed by atoms with Gasteiger partial charge in [0, 0.05) is 17.1 Å². The summed E-state index contributed by atoms with van der Waals surface area (Å²) in [6.45, 7) is 3.88. The maximum atomic E-state index is 13.6. The van der Waals surface area contributed by atoms with E-state index in [0.29, 0.717) is 23.5 Å². The Morgan fingerprint density at radius 2 is 1.47 bits per heavy atom. The first-order chi connectivity index (χ1) is 15.5. The third-order valence-electron chi connectivity index (χ3n) is 4.12. The number of nitrogens with one attached hydrogen (secondary N) is 3. The average molecular weight is 515 g/mol. The van der Waals surface area contributed by atoms with Crippen LogP contribution in [0.4, 0.5) is 42.8 Å². The fraction of sp³-hybridized carbons (Fsp3) is 0.389. The van der Waals surface area contributed by atoms with E-state index in [4.69, 9.17) is 0 Å². The molecule has 0 aliphatic heterocycles. The molecule has 9 nitrogen and oxygen atoms in total. The van der Waals surface area contributed by atoms with Crippen molar-refractivity contribution in [2.24, 2.45) is 0 Å². The third kappa shape index (κ3) is 5.98. The first kappa shape index (κ1) is 26.9. The molecule has 34 heavy (non-hydrogen) atoms. The van der Waals surface area contributed by atoms with Crippen molar-refractivity contribution in [2.75, 3.05) is 16.6 Å². The molecule has 0 radical (unpaired) electrons. The summed E-state index contributed by atoms with van der Waals surface area (Å²) in [7, 11) is -4.33. The zero-order valence-corrected chi connectivity index (χ0v) is 18.6. The molecular weight excluding hydrogens is 496 g/mol. The van der Waals surface area contributed by atoms with Gasteiger partial charge in [0.15, 0.2) is 0 Å². The lowest BCUT2D eigenvalue weighted by Crippen LogP contribution is -2.72. The van der Waals surface area contributed by atoms with Crippen LogP contribution in [-0.4, -0.2) is 49.1 Å². The number of carbonyl (C=O) groups excluding carboxylic acids is 1. The number of nitrogens with zero attached hydrogens (tertiary/aromatic N) is 2. The Bertz CT molecular complexity index is 1100. The summed E-state index contributed by atoms with van der Waals surface area (Å²) in [6, 6.07) is 4.42. The van der Waals surface area contributed by atoms with Crippen molar-refractivity contribution in [3.05, 3.63) is 41.7 Å². The van der Waals surface area contributed by atoms with Crippen molar-refractivity contribution in [3.8, 4) is 0 Å². The van der Waals surface area contributed by atoms with Crippen LogP contribution < -0.4 is 15.4 Å². The van der Waals surface area contributed by atoms with Gasteiger partial charge in [-0.2, -0.15) is 26.3 Å². The van der Waals surface area contributed by atoms with Crippen molar-refractivity contribution >= 4 is 27.8 Å². The van der Waals surface area contributed by atoms with E-state index in [-0.39, 0.29) is 5.95 Å². The van der Waals surface area contributed by atoms with E-state index < -0.39 is 51.3 Å². The highest BCUT2D eigenvalue weighted by Crippen LogP contribution is 2.43. The minimum Gasteiger partial charge on any atom is -0.450 e. The summed E-state index contributed by atoms with van der Waals surface area (Å²) in [5.41, 5.74) is -4.81. The van der Waals surface area contributed by atoms with Gasteiger partial charge < -0.3 is 10.1 Å². The average Bonchev–Trinajstić information content (AvgIpc) is 2.65. The van der Waals surface area contributed by atoms with Gasteiger partial charge in [0.05, 0.1) is 11.5 Å². The lowest BCUT2D eigenvalue weighted by atomic mass is 10.1. The Labute approximate surface area is 190 Å². The molecule has 0 atom stereocenters. The quantitative estimate of drug-likeness (QED) is 0.378. The Hall–Kier alpha value is -3.30. The van der Waals surface area contributed by atoms with Crippen molar-refractivity contribution in [1.29, 1.82) is 0 Å². The van der Waals surface area contributed by atoms with Gasteiger partial charge >= 0.3 is 24.1 Å². The Kier molecular flexibility index (Phi) is 7.54. The van der Waals surface area contributed by atoms with Crippen molar-refractivity contribution < 1.29 is 44.3 Å². The van der Waals surface area contributed by atoms with Gasteiger partial charge in [-0.25, -0.2) is 27.9 Å². The van der Waals surface area contributed by atoms with Gasteiger partial charge in [-0.15, -0.1) is 0 Å². The SMILES string of the molecule is CCOC(=O)NC(Nc1ccc(S(=O)(=O)Nc2nc(C)cc(C)n2)cc1)(C(F)(F)F)C(F)(F)F. The molecule has 1 aromatic heterocycles. The molecule has 2 rings (SSSR count). The van der Waals surface area contributed by atoms with Gasteiger partial charge in [-0.3, -0.25) is 5.32 Å². The van der Waals surface area contributed by atoms with E-state index in [1.807, 2.05) is 0 Å². The molecule has 0 fully saturated rings. The molecule has 1 amide bonds. The van der Waals surface area contributed by atoms with Crippen LogP contribution in [0.2, 0.25) is 0 Å². The van der Waals surface area contributed by atoms with Crippen LogP contribution in [0.1, 0.15) is 18.3 Å². The van der Waals surface area contributed by atoms with Crippen LogP contribution in [0.25, 0.3) is 0 Å². The Balaban J connectivity index is 2.39. The van der Waals surface area contributed by atoms with E-state index in [2.05, 4.69) is 19.4 Å². The van der Waals surface area contributed by atoms with Crippen LogP contribution in [0.15, 0.2) is 35.2 Å². The van der Waals surface area contributed by atoms with Crippen LogP contribution in [0.5, 0.6) is 0 Å². The highest BCUT2D eigenvalue weighted by molar-refractivity contribution is 7.92. The first-order valence-electron chi connectivity index (χ1n) is 9.32. The van der Waals surface area contributed by atoms with Crippen LogP contribution in [0.3, 0.4) is 0 Å². The summed E-state index contributed by atoms with van der Waals surface area (Å²) >= 11 is 0. The fourth-order valence-electron chi connectivity index (χ4n) is 2.68. The Morgan fingerprint density at radius 1 is 0.971 bits per heavy atom. The van der Waals surface area contributed by atoms with E-state index in [1.165, 1.54) is 12.2 Å². The van der Waals surface area contributed by atoms with Gasteiger partial charge in [0.25, 0.3) is 10.0 Å². The predicted octanol–water partition coefficient (Wildman–Crippen LogP) is 3.87. The number of aromatic nitrogens is 2. The molecule has 0 aliphatic rings. The number of aryl methyl sites for hydroxylation is 2. The topological polar surface area (TPSA) is 122 Å². The number of halogens is 6. The smallest absolute Gasteiger partial charge is 0.439 e. The molecular formula is C18H19F6N5O4S. The molecule has 1 heterocycles. The molecule has 0 spiro atoms. The lowest BCUT2D eigenvalue weighted by molar-refractivity contribution is -0.294. The summed E-state index contributed by atoms with van der Waals surface area (Å²) < 4.78 is 113. The number of hydrogen-bond donors (Lipinski definition) is 3. The van der Waals surface area contributed by atoms with Gasteiger partial charge in [-0.05, 0) is 51.1 Å². The number of amides is 1. The van der Waals surface area contributed by atoms with E-state index in [0.717, 1.165) is 17.4 Å². The second-order valence-electron chi connectivity index (χ2n) is 6.82. The number of benzene rings is 1. The van der Waals surface area contributed by atoms with Gasteiger partial charge in [-0.1, -0.05) is 0 Å². The number of ether oxygens (including phenoxy) is 1. The molecule has 3 N–H and O–H groups in total. The van der Waals surface area contributed by atoms with Crippen molar-refractivity contribution in [3.63, 3.8) is 0 Å². The zero-order chi connectivity index (χ0) is 25.9. The molecule has 1 aromatic carbocycles. The number of anilines is 2. The fourth-order valence-corrected chi connectivity index (χ4v) is 3.62. The first-order valence-corrected chi connectivity index (χ1v) is 10.8. The Morgan fingerprint density at radius 3 is 1.91 bits per heavy atom. The van der Waals surface area contributed by atoms with E-state index in [9.17, 15) is 39.6 Å². The molecule has 16 heteroatoms. The zero-order valence-electron chi connectivity index (χ0n) is 17.8. The summed E-state index contributed by atoms with van der Waals surface area (Å²) in [6.07, 6.45) is -14.1. The normalized spacial score (nSPS) is 12.7. The summed E-state index contributed by atoms with van der Waals surface area (Å²) in [5.74, 6) is -0.272. The maximum absolute atomic E-state index is 13.6. The van der Waals surface area contributed by atoms with Crippen LogP contribution >= 0.6 is 0 Å². The van der Waals surface area contributed by atoms with Gasteiger partial charge in [0.1, 0.15) is 0 Å². The summed E-state index contributed by atoms with van der Waals surface area (Å²) in [4.78, 5) is 18.8. The van der Waals surface area contributed by atoms with Gasteiger partial charge in [0.2, 0.25) is 5.95 Å². The number of rotatable bonds is 7. The maximum Gasteiger partial charge on any atom is 0.439 e. The second kappa shape index (κ2) is 9.52. The van der Waals surface area contributed by atoms with Crippen LogP contribution in [0, 0.1) is 13.8 Å². The number of alkyl carbamates (subject to hydrolysis) is 1. The van der Waals surface area contributed by atoms with Crippen molar-refractivity contribution in [2.45, 2.75) is 43.7 Å². The second-order valence-corrected chi connectivity index (χ2v) is 8.50. The minimum atomic E-state index is -6.06. The largest absolute Gasteiger partial charge is 0.450 e.